The highest BCUT2D eigenvalue weighted by molar-refractivity contribution is 7.89. The summed E-state index contributed by atoms with van der Waals surface area (Å²) < 4.78 is 41.7. The number of halogens is 1. The first-order valence-electron chi connectivity index (χ1n) is 8.98. The van der Waals surface area contributed by atoms with E-state index in [0.717, 1.165) is 24.5 Å². The van der Waals surface area contributed by atoms with E-state index in [0.29, 0.717) is 13.1 Å². The second kappa shape index (κ2) is 8.19. The van der Waals surface area contributed by atoms with Crippen LogP contribution in [0.15, 0.2) is 53.4 Å². The van der Waals surface area contributed by atoms with Crippen LogP contribution in [0, 0.1) is 12.7 Å². The van der Waals surface area contributed by atoms with Crippen molar-refractivity contribution in [3.63, 3.8) is 0 Å². The average Bonchev–Trinajstić information content (AvgIpc) is 3.18. The molecule has 0 radical (unpaired) electrons. The minimum Gasteiger partial charge on any atom is -0.341 e. The third-order valence-corrected chi connectivity index (χ3v) is 6.20. The van der Waals surface area contributed by atoms with E-state index in [1.54, 1.807) is 4.90 Å². The molecule has 2 aromatic rings. The molecule has 7 heteroatoms. The molecule has 144 valence electrons. The van der Waals surface area contributed by atoms with Crippen LogP contribution in [-0.4, -0.2) is 38.4 Å². The van der Waals surface area contributed by atoms with Gasteiger partial charge in [0.05, 0.1) is 4.90 Å². The summed E-state index contributed by atoms with van der Waals surface area (Å²) in [6.07, 6.45) is 2.11. The molecule has 1 N–H and O–H groups in total. The molecular weight excluding hydrogens is 367 g/mol. The van der Waals surface area contributed by atoms with Gasteiger partial charge in [-0.1, -0.05) is 30.3 Å². The highest BCUT2D eigenvalue weighted by Gasteiger charge is 2.31. The van der Waals surface area contributed by atoms with Crippen LogP contribution in [0.3, 0.4) is 0 Å². The number of nitrogens with zero attached hydrogens (tertiary/aromatic N) is 1. The Morgan fingerprint density at radius 2 is 1.81 bits per heavy atom. The highest BCUT2D eigenvalue weighted by Crippen LogP contribution is 2.17. The van der Waals surface area contributed by atoms with Crippen LogP contribution >= 0.6 is 0 Å². The smallest absolute Gasteiger partial charge is 0.241 e. The van der Waals surface area contributed by atoms with Crippen molar-refractivity contribution in [1.29, 1.82) is 0 Å². The number of benzene rings is 2. The molecule has 0 aliphatic carbocycles. The topological polar surface area (TPSA) is 66.5 Å². The van der Waals surface area contributed by atoms with Gasteiger partial charge in [-0.05, 0) is 55.5 Å². The van der Waals surface area contributed by atoms with Crippen LogP contribution in [0.4, 0.5) is 4.39 Å². The second-order valence-corrected chi connectivity index (χ2v) is 8.52. The number of hydrogen-bond donors (Lipinski definition) is 1. The second-order valence-electron chi connectivity index (χ2n) is 6.81. The summed E-state index contributed by atoms with van der Waals surface area (Å²) in [4.78, 5) is 14.6. The molecule has 0 unspecified atom stereocenters. The number of carbonyl (C=O) groups excluding carboxylic acids is 1. The van der Waals surface area contributed by atoms with Crippen molar-refractivity contribution in [1.82, 2.24) is 9.62 Å². The van der Waals surface area contributed by atoms with Gasteiger partial charge in [0.1, 0.15) is 11.9 Å². The lowest BCUT2D eigenvalue weighted by Gasteiger charge is -2.24. The van der Waals surface area contributed by atoms with Crippen molar-refractivity contribution in [2.45, 2.75) is 37.1 Å². The first-order valence-corrected chi connectivity index (χ1v) is 10.5. The average molecular weight is 390 g/mol. The van der Waals surface area contributed by atoms with Crippen molar-refractivity contribution in [3.8, 4) is 0 Å². The summed E-state index contributed by atoms with van der Waals surface area (Å²) in [5.41, 5.74) is 1.11. The molecule has 1 amide bonds. The predicted molar refractivity (Wildman–Crippen MR) is 101 cm³/mol. The third kappa shape index (κ3) is 4.73. The Hall–Kier alpha value is -2.25. The van der Waals surface area contributed by atoms with Crippen LogP contribution in [0.5, 0.6) is 0 Å². The molecule has 5 nitrogen and oxygen atoms in total. The summed E-state index contributed by atoms with van der Waals surface area (Å²) in [5, 5.41) is 0. The molecule has 0 aromatic heterocycles. The van der Waals surface area contributed by atoms with Gasteiger partial charge < -0.3 is 4.90 Å². The van der Waals surface area contributed by atoms with Crippen LogP contribution in [0.25, 0.3) is 0 Å². The van der Waals surface area contributed by atoms with E-state index in [1.165, 1.54) is 19.1 Å². The van der Waals surface area contributed by atoms with E-state index in [2.05, 4.69) is 4.72 Å². The zero-order chi connectivity index (χ0) is 19.4. The van der Waals surface area contributed by atoms with E-state index in [9.17, 15) is 17.6 Å². The van der Waals surface area contributed by atoms with E-state index >= 15 is 0 Å². The van der Waals surface area contributed by atoms with Crippen LogP contribution in [0.2, 0.25) is 0 Å². The standard InChI is InChI=1S/C20H23FN2O3S/c1-15-13-17(9-10-18(15)21)27(25,26)22-19(14-16-7-3-2-4-8-16)20(24)23-11-5-6-12-23/h2-4,7-10,13,19,22H,5-6,11-12,14H2,1H3/t19-/m0/s1. The zero-order valence-electron chi connectivity index (χ0n) is 15.2. The Kier molecular flexibility index (Phi) is 5.92. The zero-order valence-corrected chi connectivity index (χ0v) is 16.0. The number of rotatable bonds is 6. The molecule has 27 heavy (non-hydrogen) atoms. The Balaban J connectivity index is 1.87. The molecule has 1 saturated heterocycles. The van der Waals surface area contributed by atoms with Gasteiger partial charge in [-0.15, -0.1) is 0 Å². The molecule has 2 aromatic carbocycles. The van der Waals surface area contributed by atoms with Gasteiger partial charge in [-0.25, -0.2) is 12.8 Å². The molecule has 1 aliphatic rings. The summed E-state index contributed by atoms with van der Waals surface area (Å²) in [6, 6.07) is 12.0. The molecule has 1 heterocycles. The largest absolute Gasteiger partial charge is 0.341 e. The normalized spacial score (nSPS) is 15.7. The maximum atomic E-state index is 13.5. The molecule has 1 aliphatic heterocycles. The van der Waals surface area contributed by atoms with Crippen LogP contribution < -0.4 is 4.72 Å². The fourth-order valence-electron chi connectivity index (χ4n) is 3.23. The lowest BCUT2D eigenvalue weighted by Crippen LogP contribution is -2.48. The van der Waals surface area contributed by atoms with Gasteiger partial charge >= 0.3 is 0 Å². The van der Waals surface area contributed by atoms with E-state index in [-0.39, 0.29) is 22.8 Å². The monoisotopic (exact) mass is 390 g/mol. The van der Waals surface area contributed by atoms with Crippen molar-refractivity contribution >= 4 is 15.9 Å². The van der Waals surface area contributed by atoms with Gasteiger partial charge in [-0.3, -0.25) is 4.79 Å². The lowest BCUT2D eigenvalue weighted by molar-refractivity contribution is -0.131. The van der Waals surface area contributed by atoms with Gasteiger partial charge in [0.2, 0.25) is 15.9 Å². The summed E-state index contributed by atoms with van der Waals surface area (Å²) in [6.45, 7) is 2.79. The fourth-order valence-corrected chi connectivity index (χ4v) is 4.50. The number of carbonyl (C=O) groups is 1. The van der Waals surface area contributed by atoms with Gasteiger partial charge in [-0.2, -0.15) is 4.72 Å². The maximum Gasteiger partial charge on any atom is 0.241 e. The number of hydrogen-bond acceptors (Lipinski definition) is 3. The van der Waals surface area contributed by atoms with Gasteiger partial charge in [0.25, 0.3) is 0 Å². The van der Waals surface area contributed by atoms with Crippen LogP contribution in [0.1, 0.15) is 24.0 Å². The molecule has 0 bridgehead atoms. The van der Waals surface area contributed by atoms with Crippen LogP contribution in [-0.2, 0) is 21.2 Å². The Bertz CT molecular complexity index is 910. The Morgan fingerprint density at radius 1 is 1.15 bits per heavy atom. The first kappa shape index (κ1) is 19.5. The SMILES string of the molecule is Cc1cc(S(=O)(=O)N[C@@H](Cc2ccccc2)C(=O)N2CCCC2)ccc1F. The molecule has 1 atom stereocenters. The number of amides is 1. The lowest BCUT2D eigenvalue weighted by atomic mass is 10.1. The predicted octanol–water partition coefficient (Wildman–Crippen LogP) is 2.65. The van der Waals surface area contributed by atoms with Crippen molar-refractivity contribution in [2.24, 2.45) is 0 Å². The highest BCUT2D eigenvalue weighted by atomic mass is 32.2. The van der Waals surface area contributed by atoms with Crippen molar-refractivity contribution in [2.75, 3.05) is 13.1 Å². The minimum atomic E-state index is -3.96. The minimum absolute atomic E-state index is 0.0475. The summed E-state index contributed by atoms with van der Waals surface area (Å²) in [7, 11) is -3.96. The first-order chi connectivity index (χ1) is 12.9. The van der Waals surface area contributed by atoms with Crippen molar-refractivity contribution < 1.29 is 17.6 Å². The molecular formula is C20H23FN2O3S. The van der Waals surface area contributed by atoms with E-state index in [4.69, 9.17) is 0 Å². The van der Waals surface area contributed by atoms with E-state index < -0.39 is 21.9 Å². The molecule has 1 fully saturated rings. The third-order valence-electron chi connectivity index (χ3n) is 4.74. The van der Waals surface area contributed by atoms with Gasteiger partial charge in [0.15, 0.2) is 0 Å². The summed E-state index contributed by atoms with van der Waals surface area (Å²) >= 11 is 0. The molecule has 0 saturated carbocycles. The number of aryl methyl sites for hydroxylation is 1. The number of nitrogens with one attached hydrogen (secondary N) is 1. The van der Waals surface area contributed by atoms with E-state index in [1.807, 2.05) is 30.3 Å². The summed E-state index contributed by atoms with van der Waals surface area (Å²) in [5.74, 6) is -0.693. The van der Waals surface area contributed by atoms with Crippen molar-refractivity contribution in [3.05, 3.63) is 65.5 Å². The Labute approximate surface area is 159 Å². The fraction of sp³-hybridized carbons (Fsp3) is 0.350. The molecule has 3 rings (SSSR count). The Morgan fingerprint density at radius 3 is 2.44 bits per heavy atom. The number of likely N-dealkylation sites (tertiary alicyclic amines) is 1. The quantitative estimate of drug-likeness (QED) is 0.825. The maximum absolute atomic E-state index is 13.5. The van der Waals surface area contributed by atoms with Gasteiger partial charge in [0, 0.05) is 13.1 Å². The number of sulfonamides is 1. The molecule has 0 spiro atoms.